The van der Waals surface area contributed by atoms with Crippen LogP contribution in [-0.4, -0.2) is 30.6 Å². The molecule has 1 N–H and O–H groups in total. The molecule has 0 saturated heterocycles. The van der Waals surface area contributed by atoms with Gasteiger partial charge in [0.15, 0.2) is 0 Å². The van der Waals surface area contributed by atoms with Gasteiger partial charge in [0, 0.05) is 17.8 Å². The van der Waals surface area contributed by atoms with Crippen LogP contribution in [0.15, 0.2) is 71.7 Å². The fourth-order valence-corrected chi connectivity index (χ4v) is 3.63. The number of carbonyl (C=O) groups excluding carboxylic acids is 1. The molecule has 1 amide bonds. The van der Waals surface area contributed by atoms with Crippen LogP contribution < -0.4 is 5.32 Å². The Morgan fingerprint density at radius 1 is 1.00 bits per heavy atom. The first kappa shape index (κ1) is 19.9. The van der Waals surface area contributed by atoms with Crippen LogP contribution in [0.2, 0.25) is 0 Å². The van der Waals surface area contributed by atoms with Crippen LogP contribution in [0.4, 0.5) is 20.2 Å². The average molecular weight is 405 g/mol. The second kappa shape index (κ2) is 8.16. The van der Waals surface area contributed by atoms with Gasteiger partial charge < -0.3 is 10.2 Å². The number of benzene rings is 3. The average Bonchev–Trinajstić information content (AvgIpc) is 3.01. The van der Waals surface area contributed by atoms with Crippen LogP contribution in [0.1, 0.15) is 22.6 Å². The largest absolute Gasteiger partial charge is 0.325 e. The number of nitrogens with zero attached hydrogens (tertiary/aromatic N) is 2. The minimum atomic E-state index is -0.760. The van der Waals surface area contributed by atoms with E-state index >= 15 is 0 Å². The van der Waals surface area contributed by atoms with E-state index in [4.69, 9.17) is 4.99 Å². The van der Waals surface area contributed by atoms with Crippen LogP contribution in [0.5, 0.6) is 0 Å². The maximum atomic E-state index is 14.0. The second-order valence-electron chi connectivity index (χ2n) is 7.57. The molecule has 1 atom stereocenters. The molecule has 6 heteroatoms. The number of carbonyl (C=O) groups is 1. The van der Waals surface area contributed by atoms with E-state index in [9.17, 15) is 13.6 Å². The number of hydrogen-bond acceptors (Lipinski definition) is 3. The number of rotatable bonds is 5. The quantitative estimate of drug-likeness (QED) is 0.615. The number of hydrogen-bond donors (Lipinski definition) is 1. The summed E-state index contributed by atoms with van der Waals surface area (Å²) in [5.74, 6) is -1.93. The Morgan fingerprint density at radius 3 is 2.43 bits per heavy atom. The number of anilines is 1. The van der Waals surface area contributed by atoms with Gasteiger partial charge in [0.2, 0.25) is 5.91 Å². The summed E-state index contributed by atoms with van der Waals surface area (Å²) in [5.41, 5.74) is 3.73. The molecule has 1 aliphatic rings. The van der Waals surface area contributed by atoms with Crippen molar-refractivity contribution in [1.82, 2.24) is 4.90 Å². The first-order valence-electron chi connectivity index (χ1n) is 9.59. The molecule has 4 nitrogen and oxygen atoms in total. The highest BCUT2D eigenvalue weighted by atomic mass is 19.1. The Bertz CT molecular complexity index is 1120. The molecule has 1 aliphatic heterocycles. The fourth-order valence-electron chi connectivity index (χ4n) is 3.63. The lowest BCUT2D eigenvalue weighted by atomic mass is 9.90. The summed E-state index contributed by atoms with van der Waals surface area (Å²) < 4.78 is 27.6. The molecule has 0 bridgehead atoms. The maximum Gasteiger partial charge on any atom is 0.238 e. The van der Waals surface area contributed by atoms with Crippen molar-refractivity contribution in [3.8, 4) is 0 Å². The zero-order valence-corrected chi connectivity index (χ0v) is 16.7. The second-order valence-corrected chi connectivity index (χ2v) is 7.57. The van der Waals surface area contributed by atoms with E-state index in [1.165, 1.54) is 24.3 Å². The van der Waals surface area contributed by atoms with E-state index in [2.05, 4.69) is 10.2 Å². The molecule has 3 aromatic rings. The van der Waals surface area contributed by atoms with Crippen molar-refractivity contribution in [3.63, 3.8) is 0 Å². The molecule has 1 heterocycles. The van der Waals surface area contributed by atoms with E-state index in [1.54, 1.807) is 18.2 Å². The molecule has 30 heavy (non-hydrogen) atoms. The van der Waals surface area contributed by atoms with Crippen molar-refractivity contribution in [3.05, 3.63) is 95.1 Å². The van der Waals surface area contributed by atoms with E-state index in [1.807, 2.05) is 38.4 Å². The van der Waals surface area contributed by atoms with E-state index < -0.39 is 17.6 Å². The first-order valence-corrected chi connectivity index (χ1v) is 9.59. The predicted molar refractivity (Wildman–Crippen MR) is 114 cm³/mol. The van der Waals surface area contributed by atoms with Crippen LogP contribution >= 0.6 is 0 Å². The van der Waals surface area contributed by atoms with Gasteiger partial charge >= 0.3 is 0 Å². The SMILES string of the molecule is CN(C)Cc1ccc(N=C(c2cccc(F)c2)C2C(=O)Nc3cc(F)ccc32)cc1. The number of nitrogens with one attached hydrogen (secondary N) is 1. The normalized spacial score (nSPS) is 16.0. The summed E-state index contributed by atoms with van der Waals surface area (Å²) in [7, 11) is 3.99. The molecular formula is C24H21F2N3O. The van der Waals surface area contributed by atoms with Crippen molar-refractivity contribution in [2.24, 2.45) is 4.99 Å². The number of halogens is 2. The minimum Gasteiger partial charge on any atom is -0.325 e. The van der Waals surface area contributed by atoms with Crippen molar-refractivity contribution < 1.29 is 13.6 Å². The molecule has 0 spiro atoms. The zero-order valence-electron chi connectivity index (χ0n) is 16.7. The lowest BCUT2D eigenvalue weighted by Crippen LogP contribution is -2.22. The van der Waals surface area contributed by atoms with Gasteiger partial charge in [-0.15, -0.1) is 0 Å². The smallest absolute Gasteiger partial charge is 0.238 e. The standard InChI is InChI=1S/C24H21F2N3O/c1-29(2)14-15-6-9-19(10-7-15)27-23(16-4-3-5-17(25)12-16)22-20-11-8-18(26)13-21(20)28-24(22)30/h3-13,22H,14H2,1-2H3,(H,28,30). The van der Waals surface area contributed by atoms with Gasteiger partial charge in [-0.2, -0.15) is 0 Å². The van der Waals surface area contributed by atoms with Gasteiger partial charge in [0.1, 0.15) is 17.6 Å². The molecule has 0 aliphatic carbocycles. The minimum absolute atomic E-state index is 0.317. The highest BCUT2D eigenvalue weighted by Gasteiger charge is 2.35. The van der Waals surface area contributed by atoms with E-state index in [0.29, 0.717) is 28.2 Å². The topological polar surface area (TPSA) is 44.7 Å². The molecule has 0 radical (unpaired) electrons. The van der Waals surface area contributed by atoms with E-state index in [-0.39, 0.29) is 5.91 Å². The van der Waals surface area contributed by atoms with E-state index in [0.717, 1.165) is 12.1 Å². The molecule has 152 valence electrons. The van der Waals surface area contributed by atoms with Gasteiger partial charge in [-0.25, -0.2) is 8.78 Å². The molecule has 3 aromatic carbocycles. The molecule has 0 saturated carbocycles. The Balaban J connectivity index is 1.80. The highest BCUT2D eigenvalue weighted by Crippen LogP contribution is 2.36. The summed E-state index contributed by atoms with van der Waals surface area (Å²) >= 11 is 0. The number of aliphatic imine (C=N–C) groups is 1. The molecule has 4 rings (SSSR count). The molecule has 1 unspecified atom stereocenters. The molecule has 0 fully saturated rings. The van der Waals surface area contributed by atoms with Gasteiger partial charge in [0.25, 0.3) is 0 Å². The molecular weight excluding hydrogens is 384 g/mol. The maximum absolute atomic E-state index is 14.0. The highest BCUT2D eigenvalue weighted by molar-refractivity contribution is 6.24. The predicted octanol–water partition coefficient (Wildman–Crippen LogP) is 4.88. The number of amides is 1. The van der Waals surface area contributed by atoms with Crippen molar-refractivity contribution >= 4 is 23.0 Å². The summed E-state index contributed by atoms with van der Waals surface area (Å²) in [6, 6.07) is 17.9. The van der Waals surface area contributed by atoms with Crippen LogP contribution in [-0.2, 0) is 11.3 Å². The third-order valence-corrected chi connectivity index (χ3v) is 4.92. The first-order chi connectivity index (χ1) is 14.4. The molecule has 0 aromatic heterocycles. The van der Waals surface area contributed by atoms with Crippen molar-refractivity contribution in [2.45, 2.75) is 12.5 Å². The van der Waals surface area contributed by atoms with Crippen molar-refractivity contribution in [2.75, 3.05) is 19.4 Å². The lowest BCUT2D eigenvalue weighted by Gasteiger charge is -2.14. The third kappa shape index (κ3) is 4.14. The summed E-state index contributed by atoms with van der Waals surface area (Å²) in [6.07, 6.45) is 0. The van der Waals surface area contributed by atoms with Crippen LogP contribution in [0.3, 0.4) is 0 Å². The van der Waals surface area contributed by atoms with Gasteiger partial charge in [-0.1, -0.05) is 30.3 Å². The Labute approximate surface area is 173 Å². The van der Waals surface area contributed by atoms with Crippen molar-refractivity contribution in [1.29, 1.82) is 0 Å². The Kier molecular flexibility index (Phi) is 5.42. The summed E-state index contributed by atoms with van der Waals surface area (Å²) in [6.45, 7) is 0.796. The van der Waals surface area contributed by atoms with Crippen LogP contribution in [0.25, 0.3) is 0 Å². The Morgan fingerprint density at radius 2 is 1.73 bits per heavy atom. The van der Waals surface area contributed by atoms with Gasteiger partial charge in [-0.3, -0.25) is 9.79 Å². The fraction of sp³-hybridized carbons (Fsp3) is 0.167. The van der Waals surface area contributed by atoms with Gasteiger partial charge in [0.05, 0.1) is 11.4 Å². The zero-order chi connectivity index (χ0) is 21.3. The summed E-state index contributed by atoms with van der Waals surface area (Å²) in [4.78, 5) is 19.6. The number of fused-ring (bicyclic) bond motifs is 1. The lowest BCUT2D eigenvalue weighted by molar-refractivity contribution is -0.115. The summed E-state index contributed by atoms with van der Waals surface area (Å²) in [5, 5.41) is 2.71. The van der Waals surface area contributed by atoms with Crippen LogP contribution in [0, 0.1) is 11.6 Å². The Hall–Kier alpha value is -3.38. The third-order valence-electron chi connectivity index (χ3n) is 4.92. The monoisotopic (exact) mass is 405 g/mol. The van der Waals surface area contributed by atoms with Gasteiger partial charge in [-0.05, 0) is 61.6 Å².